The summed E-state index contributed by atoms with van der Waals surface area (Å²) in [6.07, 6.45) is -10.7. The molecule has 1 aliphatic carbocycles. The molecule has 3 rings (SSSR count). The molecule has 0 amide bonds. The number of nitrogens with one attached hydrogen (secondary N) is 1. The Hall–Kier alpha value is -2.66. The van der Waals surface area contributed by atoms with Gasteiger partial charge in [0.2, 0.25) is 0 Å². The molecular formula is C25H26F7NO3. The standard InChI is InChI=1S/C25H26F7NO3/c1-13(23(34)35)33-12-16-5-8-21(22(16)15-3-6-20(26)7-4-15)36-14(2)17-9-18(24(27,28)29)11-19(10-17)25(30,31)32/h3-4,6-7,9-11,13-14,16,21-22,33H,5,8,12H2,1-2H3,(H,34,35). The Labute approximate surface area is 203 Å². The molecular weight excluding hydrogens is 495 g/mol. The first kappa shape index (κ1) is 27.9. The largest absolute Gasteiger partial charge is 0.480 e. The van der Waals surface area contributed by atoms with Crippen molar-refractivity contribution in [1.82, 2.24) is 5.32 Å². The van der Waals surface area contributed by atoms with Gasteiger partial charge in [-0.25, -0.2) is 4.39 Å². The second-order valence-electron chi connectivity index (χ2n) is 9.04. The molecule has 1 saturated carbocycles. The van der Waals surface area contributed by atoms with Crippen LogP contribution >= 0.6 is 0 Å². The summed E-state index contributed by atoms with van der Waals surface area (Å²) in [6, 6.07) is 6.13. The Balaban J connectivity index is 1.89. The zero-order valence-corrected chi connectivity index (χ0v) is 19.5. The van der Waals surface area contributed by atoms with Crippen molar-refractivity contribution >= 4 is 5.97 Å². The molecule has 1 fully saturated rings. The molecule has 0 saturated heterocycles. The molecule has 0 radical (unpaired) electrons. The summed E-state index contributed by atoms with van der Waals surface area (Å²) >= 11 is 0. The highest BCUT2D eigenvalue weighted by atomic mass is 19.4. The van der Waals surface area contributed by atoms with Gasteiger partial charge in [0.1, 0.15) is 11.9 Å². The molecule has 4 nitrogen and oxygen atoms in total. The molecule has 2 aromatic rings. The summed E-state index contributed by atoms with van der Waals surface area (Å²) in [5.74, 6) is -2.05. The second kappa shape index (κ2) is 10.8. The number of alkyl halides is 6. The van der Waals surface area contributed by atoms with Crippen LogP contribution < -0.4 is 5.32 Å². The van der Waals surface area contributed by atoms with Gasteiger partial charge >= 0.3 is 18.3 Å². The summed E-state index contributed by atoms with van der Waals surface area (Å²) in [7, 11) is 0. The molecule has 2 N–H and O–H groups in total. The number of carboxylic acids is 1. The lowest BCUT2D eigenvalue weighted by atomic mass is 9.87. The first-order valence-electron chi connectivity index (χ1n) is 11.3. The SMILES string of the molecule is CC(NCC1CCC(OC(C)c2cc(C(F)(F)F)cc(C(F)(F)F)c2)C1c1ccc(F)cc1)C(=O)O. The number of carbonyl (C=O) groups is 1. The third-order valence-electron chi connectivity index (χ3n) is 6.50. The molecule has 0 aromatic heterocycles. The van der Waals surface area contributed by atoms with Gasteiger partial charge in [0, 0.05) is 5.92 Å². The van der Waals surface area contributed by atoms with Gasteiger partial charge in [-0.3, -0.25) is 4.79 Å². The van der Waals surface area contributed by atoms with Crippen LogP contribution in [0.4, 0.5) is 30.7 Å². The smallest absolute Gasteiger partial charge is 0.416 e. The minimum absolute atomic E-state index is 0.0679. The van der Waals surface area contributed by atoms with Crippen LogP contribution in [0.1, 0.15) is 61.0 Å². The lowest BCUT2D eigenvalue weighted by molar-refractivity contribution is -0.143. The predicted molar refractivity (Wildman–Crippen MR) is 117 cm³/mol. The van der Waals surface area contributed by atoms with Crippen molar-refractivity contribution in [1.29, 1.82) is 0 Å². The summed E-state index contributed by atoms with van der Waals surface area (Å²) in [6.45, 7) is 3.15. The van der Waals surface area contributed by atoms with Gasteiger partial charge in [0.05, 0.1) is 23.3 Å². The third-order valence-corrected chi connectivity index (χ3v) is 6.50. The minimum atomic E-state index is -4.97. The Morgan fingerprint density at radius 1 is 1.00 bits per heavy atom. The zero-order chi connectivity index (χ0) is 26.8. The van der Waals surface area contributed by atoms with Gasteiger partial charge in [0.15, 0.2) is 0 Å². The number of benzene rings is 2. The van der Waals surface area contributed by atoms with E-state index >= 15 is 0 Å². The Morgan fingerprint density at radius 2 is 1.56 bits per heavy atom. The van der Waals surface area contributed by atoms with Gasteiger partial charge in [-0.15, -0.1) is 0 Å². The van der Waals surface area contributed by atoms with E-state index in [0.29, 0.717) is 30.5 Å². The van der Waals surface area contributed by atoms with Gasteiger partial charge in [-0.1, -0.05) is 12.1 Å². The molecule has 0 heterocycles. The number of rotatable bonds is 8. The van der Waals surface area contributed by atoms with E-state index in [-0.39, 0.29) is 30.0 Å². The molecule has 2 aromatic carbocycles. The normalized spacial score (nSPS) is 22.4. The average molecular weight is 521 g/mol. The number of hydrogen-bond donors (Lipinski definition) is 2. The molecule has 5 atom stereocenters. The molecule has 1 aliphatic rings. The topological polar surface area (TPSA) is 58.6 Å². The van der Waals surface area contributed by atoms with Crippen molar-refractivity contribution < 1.29 is 45.4 Å². The maximum atomic E-state index is 13.5. The number of aliphatic carboxylic acids is 1. The molecule has 198 valence electrons. The molecule has 0 bridgehead atoms. The van der Waals surface area contributed by atoms with Crippen LogP contribution in [0.15, 0.2) is 42.5 Å². The van der Waals surface area contributed by atoms with Crippen LogP contribution in [0.3, 0.4) is 0 Å². The first-order valence-corrected chi connectivity index (χ1v) is 11.3. The predicted octanol–water partition coefficient (Wildman–Crippen LogP) is 6.57. The third kappa shape index (κ3) is 6.76. The summed E-state index contributed by atoms with van der Waals surface area (Å²) in [4.78, 5) is 11.2. The fourth-order valence-electron chi connectivity index (χ4n) is 4.56. The Morgan fingerprint density at radius 3 is 2.06 bits per heavy atom. The monoisotopic (exact) mass is 521 g/mol. The van der Waals surface area contributed by atoms with Crippen molar-refractivity contribution in [3.05, 3.63) is 70.5 Å². The summed E-state index contributed by atoms with van der Waals surface area (Å²) in [5, 5.41) is 12.0. The van der Waals surface area contributed by atoms with E-state index in [1.54, 1.807) is 12.1 Å². The quantitative estimate of drug-likeness (QED) is 0.386. The van der Waals surface area contributed by atoms with E-state index in [0.717, 1.165) is 0 Å². The highest BCUT2D eigenvalue weighted by molar-refractivity contribution is 5.72. The fraction of sp³-hybridized carbons (Fsp3) is 0.480. The summed E-state index contributed by atoms with van der Waals surface area (Å²) < 4.78 is 99.3. The minimum Gasteiger partial charge on any atom is -0.480 e. The highest BCUT2D eigenvalue weighted by Gasteiger charge is 2.40. The van der Waals surface area contributed by atoms with Crippen molar-refractivity contribution in [3.8, 4) is 0 Å². The molecule has 0 aliphatic heterocycles. The molecule has 11 heteroatoms. The van der Waals surface area contributed by atoms with Gasteiger partial charge in [-0.2, -0.15) is 26.3 Å². The first-order chi connectivity index (χ1) is 16.7. The number of carboxylic acid groups (broad SMARTS) is 1. The van der Waals surface area contributed by atoms with Gasteiger partial charge in [0.25, 0.3) is 0 Å². The molecule has 0 spiro atoms. The highest BCUT2D eigenvalue weighted by Crippen LogP contribution is 2.44. The van der Waals surface area contributed by atoms with Gasteiger partial charge in [-0.05, 0) is 80.6 Å². The molecule has 5 unspecified atom stereocenters. The number of ether oxygens (including phenoxy) is 1. The van der Waals surface area contributed by atoms with Crippen LogP contribution in [0.5, 0.6) is 0 Å². The van der Waals surface area contributed by atoms with E-state index in [4.69, 9.17) is 9.84 Å². The van der Waals surface area contributed by atoms with Crippen molar-refractivity contribution in [2.75, 3.05) is 6.54 Å². The maximum Gasteiger partial charge on any atom is 0.416 e. The fourth-order valence-corrected chi connectivity index (χ4v) is 4.56. The second-order valence-corrected chi connectivity index (χ2v) is 9.04. The van der Waals surface area contributed by atoms with Crippen LogP contribution in [-0.2, 0) is 21.9 Å². The van der Waals surface area contributed by atoms with E-state index in [1.165, 1.54) is 26.0 Å². The Bertz CT molecular complexity index is 1020. The zero-order valence-electron chi connectivity index (χ0n) is 19.5. The lowest BCUT2D eigenvalue weighted by Gasteiger charge is -2.29. The Kier molecular flexibility index (Phi) is 8.34. The number of hydrogen-bond acceptors (Lipinski definition) is 3. The molecule has 36 heavy (non-hydrogen) atoms. The van der Waals surface area contributed by atoms with Crippen LogP contribution in [-0.4, -0.2) is 29.8 Å². The number of halogens is 7. The summed E-state index contributed by atoms with van der Waals surface area (Å²) in [5.41, 5.74) is -2.43. The van der Waals surface area contributed by atoms with Crippen molar-refractivity contribution in [3.63, 3.8) is 0 Å². The lowest BCUT2D eigenvalue weighted by Crippen LogP contribution is -2.38. The van der Waals surface area contributed by atoms with E-state index in [9.17, 15) is 35.5 Å². The van der Waals surface area contributed by atoms with Crippen LogP contribution in [0.25, 0.3) is 0 Å². The van der Waals surface area contributed by atoms with E-state index in [2.05, 4.69) is 5.32 Å². The van der Waals surface area contributed by atoms with Crippen LogP contribution in [0.2, 0.25) is 0 Å². The van der Waals surface area contributed by atoms with Crippen LogP contribution in [0, 0.1) is 11.7 Å². The average Bonchev–Trinajstić information content (AvgIpc) is 3.18. The van der Waals surface area contributed by atoms with Gasteiger partial charge < -0.3 is 15.2 Å². The maximum absolute atomic E-state index is 13.5. The van der Waals surface area contributed by atoms with Crippen molar-refractivity contribution in [2.45, 2.75) is 63.2 Å². The van der Waals surface area contributed by atoms with E-state index < -0.39 is 53.5 Å². The van der Waals surface area contributed by atoms with Crippen molar-refractivity contribution in [2.24, 2.45) is 5.92 Å². The van der Waals surface area contributed by atoms with E-state index in [1.807, 2.05) is 0 Å².